The van der Waals surface area contributed by atoms with Crippen LogP contribution in [0.5, 0.6) is 11.5 Å². The molecule has 0 aliphatic rings. The molecule has 1 amide bonds. The molecule has 5 nitrogen and oxygen atoms in total. The zero-order valence-electron chi connectivity index (χ0n) is 13.3. The first kappa shape index (κ1) is 17.3. The summed E-state index contributed by atoms with van der Waals surface area (Å²) in [6.07, 6.45) is 0. The van der Waals surface area contributed by atoms with Crippen molar-refractivity contribution < 1.29 is 14.3 Å². The van der Waals surface area contributed by atoms with Crippen molar-refractivity contribution in [2.45, 2.75) is 40.3 Å². The smallest absolute Gasteiger partial charge is 0.223 e. The second-order valence-corrected chi connectivity index (χ2v) is 5.33. The van der Waals surface area contributed by atoms with E-state index < -0.39 is 0 Å². The average Bonchev–Trinajstić information content (AvgIpc) is 2.43. The Kier molecular flexibility index (Phi) is 7.02. The number of amides is 1. The Hall–Kier alpha value is -1.75. The van der Waals surface area contributed by atoms with Crippen LogP contribution in [0.3, 0.4) is 0 Å². The molecule has 1 aromatic rings. The molecule has 0 aromatic heterocycles. The lowest BCUT2D eigenvalue weighted by atomic mass is 10.1. The van der Waals surface area contributed by atoms with Gasteiger partial charge < -0.3 is 20.5 Å². The largest absolute Gasteiger partial charge is 0.490 e. The lowest BCUT2D eigenvalue weighted by Crippen LogP contribution is -2.26. The average molecular weight is 294 g/mol. The van der Waals surface area contributed by atoms with Gasteiger partial charge in [0.15, 0.2) is 11.5 Å². The molecule has 1 aromatic carbocycles. The summed E-state index contributed by atoms with van der Waals surface area (Å²) in [4.78, 5) is 11.1. The molecule has 21 heavy (non-hydrogen) atoms. The maximum absolute atomic E-state index is 11.1. The van der Waals surface area contributed by atoms with E-state index in [0.29, 0.717) is 30.7 Å². The SMILES string of the molecule is CCOc1cccc(CNC(C)C)c1OCC(C)C(N)=O. The first-order valence-corrected chi connectivity index (χ1v) is 7.35. The van der Waals surface area contributed by atoms with Crippen LogP contribution >= 0.6 is 0 Å². The van der Waals surface area contributed by atoms with Gasteiger partial charge in [-0.05, 0) is 13.0 Å². The van der Waals surface area contributed by atoms with Crippen molar-refractivity contribution in [3.05, 3.63) is 23.8 Å². The van der Waals surface area contributed by atoms with Gasteiger partial charge in [-0.15, -0.1) is 0 Å². The molecular weight excluding hydrogens is 268 g/mol. The van der Waals surface area contributed by atoms with Crippen LogP contribution in [0.2, 0.25) is 0 Å². The summed E-state index contributed by atoms with van der Waals surface area (Å²) < 4.78 is 11.4. The summed E-state index contributed by atoms with van der Waals surface area (Å²) in [5.41, 5.74) is 6.28. The molecule has 118 valence electrons. The molecule has 0 aliphatic heterocycles. The summed E-state index contributed by atoms with van der Waals surface area (Å²) in [7, 11) is 0. The van der Waals surface area contributed by atoms with Gasteiger partial charge in [-0.3, -0.25) is 4.79 Å². The number of nitrogens with two attached hydrogens (primary N) is 1. The van der Waals surface area contributed by atoms with E-state index in [0.717, 1.165) is 5.56 Å². The van der Waals surface area contributed by atoms with Crippen LogP contribution < -0.4 is 20.5 Å². The first-order valence-electron chi connectivity index (χ1n) is 7.35. The molecular formula is C16H26N2O3. The highest BCUT2D eigenvalue weighted by atomic mass is 16.5. The number of para-hydroxylation sites is 1. The normalized spacial score (nSPS) is 12.2. The fourth-order valence-electron chi connectivity index (χ4n) is 1.74. The van der Waals surface area contributed by atoms with Crippen molar-refractivity contribution in [1.82, 2.24) is 5.32 Å². The van der Waals surface area contributed by atoms with Gasteiger partial charge in [0.2, 0.25) is 5.91 Å². The van der Waals surface area contributed by atoms with Gasteiger partial charge in [0.05, 0.1) is 19.1 Å². The number of carbonyl (C=O) groups excluding carboxylic acids is 1. The molecule has 0 heterocycles. The van der Waals surface area contributed by atoms with Crippen molar-refractivity contribution >= 4 is 5.91 Å². The number of ether oxygens (including phenoxy) is 2. The van der Waals surface area contributed by atoms with E-state index in [1.165, 1.54) is 0 Å². The lowest BCUT2D eigenvalue weighted by molar-refractivity contribution is -0.122. The zero-order chi connectivity index (χ0) is 15.8. The highest BCUT2D eigenvalue weighted by molar-refractivity contribution is 5.76. The highest BCUT2D eigenvalue weighted by Crippen LogP contribution is 2.31. The minimum atomic E-state index is -0.370. The maximum atomic E-state index is 11.1. The molecule has 3 N–H and O–H groups in total. The van der Waals surface area contributed by atoms with Crippen LogP contribution in [0.15, 0.2) is 18.2 Å². The van der Waals surface area contributed by atoms with Crippen LogP contribution in [0.1, 0.15) is 33.3 Å². The lowest BCUT2D eigenvalue weighted by Gasteiger charge is -2.18. The summed E-state index contributed by atoms with van der Waals surface area (Å²) in [6.45, 7) is 9.33. The number of rotatable bonds is 9. The first-order chi connectivity index (χ1) is 9.95. The molecule has 1 atom stereocenters. The predicted molar refractivity (Wildman–Crippen MR) is 83.4 cm³/mol. The third kappa shape index (κ3) is 5.63. The summed E-state index contributed by atoms with van der Waals surface area (Å²) in [5, 5.41) is 3.35. The van der Waals surface area contributed by atoms with Gasteiger partial charge in [0, 0.05) is 18.2 Å². The van der Waals surface area contributed by atoms with E-state index in [9.17, 15) is 4.79 Å². The summed E-state index contributed by atoms with van der Waals surface area (Å²) in [5.74, 6) is 0.661. The molecule has 1 unspecified atom stereocenters. The molecule has 0 saturated carbocycles. The Labute approximate surface area is 126 Å². The standard InChI is InChI=1S/C16H26N2O3/c1-5-20-14-8-6-7-13(9-18-11(2)3)15(14)21-10-12(4)16(17)19/h6-8,11-12,18H,5,9-10H2,1-4H3,(H2,17,19). The third-order valence-corrected chi connectivity index (χ3v) is 3.02. The number of hydrogen-bond acceptors (Lipinski definition) is 4. The van der Waals surface area contributed by atoms with Gasteiger partial charge in [0.25, 0.3) is 0 Å². The maximum Gasteiger partial charge on any atom is 0.223 e. The molecule has 1 rings (SSSR count). The Morgan fingerprint density at radius 2 is 2.00 bits per heavy atom. The van der Waals surface area contributed by atoms with Gasteiger partial charge in [0.1, 0.15) is 0 Å². The van der Waals surface area contributed by atoms with Crippen molar-refractivity contribution in [2.75, 3.05) is 13.2 Å². The number of hydrogen-bond donors (Lipinski definition) is 2. The molecule has 5 heteroatoms. The third-order valence-electron chi connectivity index (χ3n) is 3.02. The quantitative estimate of drug-likeness (QED) is 0.731. The van der Waals surface area contributed by atoms with Crippen molar-refractivity contribution in [3.8, 4) is 11.5 Å². The number of primary amides is 1. The van der Waals surface area contributed by atoms with E-state index in [1.807, 2.05) is 25.1 Å². The van der Waals surface area contributed by atoms with E-state index in [4.69, 9.17) is 15.2 Å². The molecule has 0 spiro atoms. The molecule has 0 radical (unpaired) electrons. The van der Waals surface area contributed by atoms with E-state index >= 15 is 0 Å². The van der Waals surface area contributed by atoms with Gasteiger partial charge >= 0.3 is 0 Å². The van der Waals surface area contributed by atoms with Crippen LogP contribution in [-0.2, 0) is 11.3 Å². The molecule has 0 fully saturated rings. The van der Waals surface area contributed by atoms with Crippen molar-refractivity contribution in [3.63, 3.8) is 0 Å². The van der Waals surface area contributed by atoms with E-state index in [-0.39, 0.29) is 18.4 Å². The Balaban J connectivity index is 2.90. The minimum absolute atomic E-state index is 0.244. The van der Waals surface area contributed by atoms with E-state index in [1.54, 1.807) is 6.92 Å². The summed E-state index contributed by atoms with van der Waals surface area (Å²) >= 11 is 0. The Morgan fingerprint density at radius 1 is 1.29 bits per heavy atom. The van der Waals surface area contributed by atoms with Crippen LogP contribution in [0, 0.1) is 5.92 Å². The fraction of sp³-hybridized carbons (Fsp3) is 0.562. The second kappa shape index (κ2) is 8.52. The van der Waals surface area contributed by atoms with E-state index in [2.05, 4.69) is 19.2 Å². The monoisotopic (exact) mass is 294 g/mol. The topological polar surface area (TPSA) is 73.6 Å². The zero-order valence-corrected chi connectivity index (χ0v) is 13.3. The molecule has 0 bridgehead atoms. The highest BCUT2D eigenvalue weighted by Gasteiger charge is 2.15. The van der Waals surface area contributed by atoms with Gasteiger partial charge in [-0.1, -0.05) is 32.9 Å². The number of carbonyl (C=O) groups is 1. The van der Waals surface area contributed by atoms with Crippen LogP contribution in [-0.4, -0.2) is 25.2 Å². The van der Waals surface area contributed by atoms with Gasteiger partial charge in [-0.25, -0.2) is 0 Å². The second-order valence-electron chi connectivity index (χ2n) is 5.33. The molecule has 0 aliphatic carbocycles. The number of nitrogens with one attached hydrogen (secondary N) is 1. The number of benzene rings is 1. The Bertz CT molecular complexity index is 461. The minimum Gasteiger partial charge on any atom is -0.490 e. The van der Waals surface area contributed by atoms with Crippen molar-refractivity contribution in [1.29, 1.82) is 0 Å². The van der Waals surface area contributed by atoms with Crippen molar-refractivity contribution in [2.24, 2.45) is 11.7 Å². The fourth-order valence-corrected chi connectivity index (χ4v) is 1.74. The predicted octanol–water partition coefficient (Wildman–Crippen LogP) is 2.08. The Morgan fingerprint density at radius 3 is 2.57 bits per heavy atom. The molecule has 0 saturated heterocycles. The van der Waals surface area contributed by atoms with Gasteiger partial charge in [-0.2, -0.15) is 0 Å². The van der Waals surface area contributed by atoms with Crippen LogP contribution in [0.25, 0.3) is 0 Å². The van der Waals surface area contributed by atoms with Crippen LogP contribution in [0.4, 0.5) is 0 Å². The summed E-state index contributed by atoms with van der Waals surface area (Å²) in [6, 6.07) is 6.17.